The van der Waals surface area contributed by atoms with E-state index >= 15 is 0 Å². The molecule has 3 atom stereocenters. The molecule has 1 aliphatic heterocycles. The zero-order chi connectivity index (χ0) is 19.2. The van der Waals surface area contributed by atoms with Crippen molar-refractivity contribution in [1.82, 2.24) is 0 Å². The lowest BCUT2D eigenvalue weighted by Gasteiger charge is -2.36. The molecule has 0 N–H and O–H groups in total. The summed E-state index contributed by atoms with van der Waals surface area (Å²) in [5.41, 5.74) is 7.92. The number of allylic oxidation sites excluding steroid dienone is 4. The first kappa shape index (κ1) is 18.6. The first-order valence-electron chi connectivity index (χ1n) is 9.52. The number of rotatable bonds is 3. The molecule has 1 saturated heterocycles. The van der Waals surface area contributed by atoms with Crippen LogP contribution in [0.4, 0.5) is 0 Å². The van der Waals surface area contributed by atoms with Crippen molar-refractivity contribution >= 4 is 8.15 Å². The molecule has 140 valence electrons. The quantitative estimate of drug-likeness (QED) is 0.523. The van der Waals surface area contributed by atoms with E-state index in [-0.39, 0.29) is 17.3 Å². The summed E-state index contributed by atoms with van der Waals surface area (Å²) in [6, 6.07) is 20.8. The summed E-state index contributed by atoms with van der Waals surface area (Å²) in [5.74, 6) is -0.0417. The Kier molecular flexibility index (Phi) is 4.84. The lowest BCUT2D eigenvalue weighted by Crippen LogP contribution is -2.25. The van der Waals surface area contributed by atoms with E-state index in [1.165, 1.54) is 27.9 Å². The van der Waals surface area contributed by atoms with E-state index in [4.69, 9.17) is 9.26 Å². The summed E-state index contributed by atoms with van der Waals surface area (Å²) in [7, 11) is -0.901. The van der Waals surface area contributed by atoms with Gasteiger partial charge in [-0.2, -0.15) is 0 Å². The second-order valence-electron chi connectivity index (χ2n) is 7.65. The summed E-state index contributed by atoms with van der Waals surface area (Å²) in [6.07, 6.45) is -0.318. The minimum atomic E-state index is -0.901. The average Bonchev–Trinajstić information content (AvgIpc) is 3.23. The van der Waals surface area contributed by atoms with E-state index < -0.39 is 8.15 Å². The zero-order valence-electron chi connectivity index (χ0n) is 16.7. The molecule has 1 fully saturated rings. The van der Waals surface area contributed by atoms with Gasteiger partial charge >= 0.3 is 0 Å². The van der Waals surface area contributed by atoms with Gasteiger partial charge in [-0.3, -0.25) is 0 Å². The Morgan fingerprint density at radius 3 is 1.74 bits per heavy atom. The highest BCUT2D eigenvalue weighted by atomic mass is 31.1. The van der Waals surface area contributed by atoms with Crippen LogP contribution in [0.5, 0.6) is 0 Å². The molecule has 1 heterocycles. The van der Waals surface area contributed by atoms with Crippen LogP contribution in [-0.2, 0) is 9.26 Å². The van der Waals surface area contributed by atoms with E-state index in [0.717, 1.165) is 5.56 Å². The monoisotopic (exact) mass is 378 g/mol. The van der Waals surface area contributed by atoms with Crippen LogP contribution in [0.1, 0.15) is 57.9 Å². The van der Waals surface area contributed by atoms with Crippen LogP contribution in [0, 0.1) is 0 Å². The number of hydrogen-bond acceptors (Lipinski definition) is 2. The number of benzene rings is 2. The van der Waals surface area contributed by atoms with Crippen LogP contribution in [0.25, 0.3) is 0 Å². The van der Waals surface area contributed by atoms with Gasteiger partial charge in [0.1, 0.15) is 5.85 Å². The lowest BCUT2D eigenvalue weighted by molar-refractivity contribution is -0.0503. The smallest absolute Gasteiger partial charge is 0.188 e. The van der Waals surface area contributed by atoms with E-state index in [2.05, 4.69) is 77.1 Å². The Balaban J connectivity index is 1.79. The third-order valence-corrected chi connectivity index (χ3v) is 9.24. The summed E-state index contributed by atoms with van der Waals surface area (Å²) in [4.78, 5) is 0. The highest BCUT2D eigenvalue weighted by molar-refractivity contribution is 7.55. The standard InChI is InChI=1S/C24H27O2P/c1-16-17(2)19(4)24(5,18(16)3)27-23(21-14-10-7-11-15-21)25-22(26-27)20-12-8-6-9-13-20/h6-15,22-23H,1-5H3. The van der Waals surface area contributed by atoms with Crippen LogP contribution in [0.3, 0.4) is 0 Å². The Labute approximate surface area is 163 Å². The molecule has 27 heavy (non-hydrogen) atoms. The van der Waals surface area contributed by atoms with Gasteiger partial charge in [-0.05, 0) is 51.3 Å². The molecule has 4 rings (SSSR count). The molecule has 2 aliphatic rings. The van der Waals surface area contributed by atoms with Gasteiger partial charge < -0.3 is 9.26 Å². The first-order chi connectivity index (χ1) is 12.9. The molecule has 0 spiro atoms. The zero-order valence-corrected chi connectivity index (χ0v) is 17.6. The van der Waals surface area contributed by atoms with E-state index in [1.54, 1.807) is 0 Å². The molecule has 3 heteroatoms. The molecule has 0 bridgehead atoms. The maximum atomic E-state index is 6.71. The van der Waals surface area contributed by atoms with Gasteiger partial charge in [0.25, 0.3) is 0 Å². The van der Waals surface area contributed by atoms with Gasteiger partial charge in [0, 0.05) is 5.56 Å². The fourth-order valence-electron chi connectivity index (χ4n) is 4.18. The van der Waals surface area contributed by atoms with Gasteiger partial charge in [-0.15, -0.1) is 0 Å². The van der Waals surface area contributed by atoms with Crippen molar-refractivity contribution in [1.29, 1.82) is 0 Å². The second kappa shape index (κ2) is 7.02. The van der Waals surface area contributed by atoms with Crippen LogP contribution < -0.4 is 0 Å². The first-order valence-corrected chi connectivity index (χ1v) is 10.8. The van der Waals surface area contributed by atoms with Gasteiger partial charge in [-0.25, -0.2) is 0 Å². The molecule has 0 amide bonds. The van der Waals surface area contributed by atoms with Crippen molar-refractivity contribution in [2.45, 2.75) is 51.9 Å². The Hall–Kier alpha value is -1.73. The maximum absolute atomic E-state index is 6.71. The predicted octanol–water partition coefficient (Wildman–Crippen LogP) is 7.27. The SMILES string of the molecule is CC1=C(C)C(C)(P2OC(c3ccccc3)OC2c2ccccc2)C(C)=C1C. The van der Waals surface area contributed by atoms with Crippen molar-refractivity contribution in [3.05, 3.63) is 94.1 Å². The van der Waals surface area contributed by atoms with Crippen molar-refractivity contribution in [3.8, 4) is 0 Å². The normalized spacial score (nSPS) is 27.5. The Bertz CT molecular complexity index is 874. The summed E-state index contributed by atoms with van der Waals surface area (Å²) in [5, 5.41) is -0.104. The van der Waals surface area contributed by atoms with Crippen molar-refractivity contribution < 1.29 is 9.26 Å². The van der Waals surface area contributed by atoms with Crippen molar-refractivity contribution in [2.24, 2.45) is 0 Å². The lowest BCUT2D eigenvalue weighted by atomic mass is 9.98. The minimum absolute atomic E-state index is 0.0417. The average molecular weight is 378 g/mol. The molecule has 2 nitrogen and oxygen atoms in total. The van der Waals surface area contributed by atoms with Crippen LogP contribution in [-0.4, -0.2) is 5.16 Å². The van der Waals surface area contributed by atoms with Crippen LogP contribution >= 0.6 is 8.15 Å². The van der Waals surface area contributed by atoms with Crippen molar-refractivity contribution in [3.63, 3.8) is 0 Å². The second-order valence-corrected chi connectivity index (χ2v) is 9.87. The minimum Gasteiger partial charge on any atom is -0.333 e. The van der Waals surface area contributed by atoms with E-state index in [1.807, 2.05) is 18.2 Å². The molecule has 0 radical (unpaired) electrons. The summed E-state index contributed by atoms with van der Waals surface area (Å²) in [6.45, 7) is 11.3. The molecule has 2 aromatic rings. The third kappa shape index (κ3) is 2.91. The predicted molar refractivity (Wildman–Crippen MR) is 113 cm³/mol. The molecule has 2 aromatic carbocycles. The fourth-order valence-corrected chi connectivity index (χ4v) is 7.01. The van der Waals surface area contributed by atoms with Crippen LogP contribution in [0.2, 0.25) is 0 Å². The molecule has 3 unspecified atom stereocenters. The Morgan fingerprint density at radius 2 is 1.22 bits per heavy atom. The van der Waals surface area contributed by atoms with Gasteiger partial charge in [0.15, 0.2) is 6.29 Å². The number of hydrogen-bond donors (Lipinski definition) is 0. The van der Waals surface area contributed by atoms with Gasteiger partial charge in [0.2, 0.25) is 0 Å². The van der Waals surface area contributed by atoms with Gasteiger partial charge in [-0.1, -0.05) is 71.8 Å². The third-order valence-electron chi connectivity index (χ3n) is 6.42. The fraction of sp³-hybridized carbons (Fsp3) is 0.333. The Morgan fingerprint density at radius 1 is 0.741 bits per heavy atom. The van der Waals surface area contributed by atoms with Gasteiger partial charge in [0.05, 0.1) is 13.3 Å². The molecular weight excluding hydrogens is 351 g/mol. The summed E-state index contributed by atoms with van der Waals surface area (Å²) >= 11 is 0. The summed E-state index contributed by atoms with van der Waals surface area (Å²) < 4.78 is 13.3. The largest absolute Gasteiger partial charge is 0.333 e. The molecule has 0 aromatic heterocycles. The van der Waals surface area contributed by atoms with Crippen LogP contribution in [0.15, 0.2) is 83.0 Å². The molecular formula is C24H27O2P. The number of ether oxygens (including phenoxy) is 1. The topological polar surface area (TPSA) is 18.5 Å². The maximum Gasteiger partial charge on any atom is 0.188 e. The molecule has 0 saturated carbocycles. The van der Waals surface area contributed by atoms with Crippen molar-refractivity contribution in [2.75, 3.05) is 0 Å². The highest BCUT2D eigenvalue weighted by Crippen LogP contribution is 2.74. The molecule has 1 aliphatic carbocycles. The highest BCUT2D eigenvalue weighted by Gasteiger charge is 2.53. The van der Waals surface area contributed by atoms with E-state index in [0.29, 0.717) is 0 Å². The van der Waals surface area contributed by atoms with E-state index in [9.17, 15) is 0 Å².